The topological polar surface area (TPSA) is 84.6 Å². The van der Waals surface area contributed by atoms with Crippen LogP contribution in [-0.2, 0) is 17.6 Å². The number of thiazole rings is 1. The van der Waals surface area contributed by atoms with E-state index in [1.54, 1.807) is 18.4 Å². The quantitative estimate of drug-likeness (QED) is 0.340. The van der Waals surface area contributed by atoms with E-state index in [-0.39, 0.29) is 5.91 Å². The van der Waals surface area contributed by atoms with Gasteiger partial charge < -0.3 is 19.0 Å². The fourth-order valence-electron chi connectivity index (χ4n) is 3.87. The Morgan fingerprint density at radius 2 is 1.94 bits per heavy atom. The van der Waals surface area contributed by atoms with Crippen molar-refractivity contribution in [3.05, 3.63) is 59.4 Å². The zero-order valence-corrected chi connectivity index (χ0v) is 20.5. The Morgan fingerprint density at radius 3 is 2.76 bits per heavy atom. The van der Waals surface area contributed by atoms with Crippen molar-refractivity contribution in [1.82, 2.24) is 20.1 Å². The standard InChI is InChI=1S/C24H25N5O3S2/c1-31-18-6-4-5-17(15-18)28-11-13-29(14-12-28)23(30)16-33-24-27-26-21(32-24)9-10-22-25-19-7-2-3-8-20(19)34-22/h2-8,15H,9-14,16H2,1H3. The van der Waals surface area contributed by atoms with Gasteiger partial charge in [0.2, 0.25) is 11.8 Å². The highest BCUT2D eigenvalue weighted by Crippen LogP contribution is 2.24. The number of hydrogen-bond acceptors (Lipinski definition) is 9. The van der Waals surface area contributed by atoms with E-state index < -0.39 is 0 Å². The van der Waals surface area contributed by atoms with E-state index in [9.17, 15) is 4.79 Å². The van der Waals surface area contributed by atoms with Gasteiger partial charge in [-0.25, -0.2) is 4.98 Å². The number of anilines is 1. The molecule has 1 aliphatic heterocycles. The van der Waals surface area contributed by atoms with Gasteiger partial charge in [-0.15, -0.1) is 21.5 Å². The molecule has 1 amide bonds. The molecule has 0 radical (unpaired) electrons. The molecule has 34 heavy (non-hydrogen) atoms. The number of fused-ring (bicyclic) bond motifs is 1. The van der Waals surface area contributed by atoms with E-state index in [0.717, 1.165) is 41.5 Å². The molecule has 0 unspecified atom stereocenters. The monoisotopic (exact) mass is 495 g/mol. The molecule has 0 N–H and O–H groups in total. The minimum absolute atomic E-state index is 0.0875. The predicted molar refractivity (Wildman–Crippen MR) is 134 cm³/mol. The maximum Gasteiger partial charge on any atom is 0.277 e. The molecule has 0 aliphatic carbocycles. The average molecular weight is 496 g/mol. The first kappa shape index (κ1) is 22.7. The van der Waals surface area contributed by atoms with Crippen LogP contribution in [0.1, 0.15) is 10.9 Å². The van der Waals surface area contributed by atoms with Crippen molar-refractivity contribution in [3.8, 4) is 5.75 Å². The van der Waals surface area contributed by atoms with Gasteiger partial charge in [-0.2, -0.15) is 0 Å². The molecule has 5 rings (SSSR count). The van der Waals surface area contributed by atoms with Crippen LogP contribution >= 0.6 is 23.1 Å². The molecule has 0 atom stereocenters. The largest absolute Gasteiger partial charge is 0.497 e. The molecule has 176 valence electrons. The molecule has 8 nitrogen and oxygen atoms in total. The summed E-state index contributed by atoms with van der Waals surface area (Å²) in [6.07, 6.45) is 1.38. The van der Waals surface area contributed by atoms with Crippen molar-refractivity contribution in [3.63, 3.8) is 0 Å². The average Bonchev–Trinajstić information content (AvgIpc) is 3.52. The third kappa shape index (κ3) is 5.34. The Hall–Kier alpha value is -3.11. The summed E-state index contributed by atoms with van der Waals surface area (Å²) in [5, 5.41) is 9.71. The Balaban J connectivity index is 1.07. The van der Waals surface area contributed by atoms with E-state index in [0.29, 0.717) is 36.4 Å². The number of aryl methyl sites for hydroxylation is 2. The van der Waals surface area contributed by atoms with Crippen molar-refractivity contribution in [1.29, 1.82) is 0 Å². The van der Waals surface area contributed by atoms with Crippen LogP contribution in [0.15, 0.2) is 58.2 Å². The van der Waals surface area contributed by atoms with Gasteiger partial charge in [0.1, 0.15) is 5.75 Å². The zero-order valence-electron chi connectivity index (χ0n) is 18.8. The number of carbonyl (C=O) groups excluding carboxylic acids is 1. The molecular weight excluding hydrogens is 470 g/mol. The Labute approximate surface area is 205 Å². The number of amides is 1. The lowest BCUT2D eigenvalue weighted by molar-refractivity contribution is -0.128. The smallest absolute Gasteiger partial charge is 0.277 e. The number of ether oxygens (including phenoxy) is 1. The summed E-state index contributed by atoms with van der Waals surface area (Å²) in [4.78, 5) is 21.5. The second-order valence-corrected chi connectivity index (χ2v) is 9.94. The number of aromatic nitrogens is 3. The van der Waals surface area contributed by atoms with Crippen molar-refractivity contribution in [2.45, 2.75) is 18.1 Å². The maximum absolute atomic E-state index is 12.7. The van der Waals surface area contributed by atoms with E-state index in [2.05, 4.69) is 32.2 Å². The van der Waals surface area contributed by atoms with Gasteiger partial charge >= 0.3 is 0 Å². The van der Waals surface area contributed by atoms with Crippen LogP contribution in [0.25, 0.3) is 10.2 Å². The summed E-state index contributed by atoms with van der Waals surface area (Å²) in [7, 11) is 1.67. The number of methoxy groups -OCH3 is 1. The molecule has 1 saturated heterocycles. The summed E-state index contributed by atoms with van der Waals surface area (Å²) >= 11 is 2.98. The number of piperazine rings is 1. The minimum atomic E-state index is 0.0875. The summed E-state index contributed by atoms with van der Waals surface area (Å²) < 4.78 is 12.2. The molecule has 10 heteroatoms. The van der Waals surface area contributed by atoms with Crippen molar-refractivity contribution in [2.24, 2.45) is 0 Å². The Bertz CT molecular complexity index is 1230. The van der Waals surface area contributed by atoms with Gasteiger partial charge in [0, 0.05) is 50.8 Å². The molecule has 3 heterocycles. The SMILES string of the molecule is COc1cccc(N2CCN(C(=O)CSc3nnc(CCc4nc5ccccc5s4)o3)CC2)c1. The van der Waals surface area contributed by atoms with Gasteiger partial charge in [0.15, 0.2) is 0 Å². The fourth-order valence-corrected chi connectivity index (χ4v) is 5.52. The van der Waals surface area contributed by atoms with Crippen LogP contribution in [0.3, 0.4) is 0 Å². The minimum Gasteiger partial charge on any atom is -0.497 e. The maximum atomic E-state index is 12.7. The number of nitrogens with zero attached hydrogens (tertiary/aromatic N) is 5. The van der Waals surface area contributed by atoms with E-state index in [1.165, 1.54) is 16.5 Å². The molecule has 2 aromatic carbocycles. The normalized spacial score (nSPS) is 14.0. The number of benzene rings is 2. The van der Waals surface area contributed by atoms with Gasteiger partial charge in [0.05, 0.1) is 28.1 Å². The van der Waals surface area contributed by atoms with Gasteiger partial charge in [-0.05, 0) is 24.3 Å². The summed E-state index contributed by atoms with van der Waals surface area (Å²) in [6.45, 7) is 2.96. The van der Waals surface area contributed by atoms with Crippen molar-refractivity contribution >= 4 is 44.9 Å². The first-order chi connectivity index (χ1) is 16.7. The molecule has 1 fully saturated rings. The third-order valence-corrected chi connectivity index (χ3v) is 7.61. The Kier molecular flexibility index (Phi) is 6.96. The molecule has 1 aliphatic rings. The third-order valence-electron chi connectivity index (χ3n) is 5.71. The molecule has 0 spiro atoms. The van der Waals surface area contributed by atoms with Crippen molar-refractivity contribution < 1.29 is 13.9 Å². The Morgan fingerprint density at radius 1 is 1.09 bits per heavy atom. The van der Waals surface area contributed by atoms with Crippen LogP contribution in [0, 0.1) is 0 Å². The first-order valence-corrected chi connectivity index (χ1v) is 12.9. The van der Waals surface area contributed by atoms with Crippen LogP contribution < -0.4 is 9.64 Å². The molecule has 0 bridgehead atoms. The lowest BCUT2D eigenvalue weighted by Crippen LogP contribution is -2.49. The van der Waals surface area contributed by atoms with Crippen LogP contribution in [-0.4, -0.2) is 65.0 Å². The second kappa shape index (κ2) is 10.4. The second-order valence-electron chi connectivity index (χ2n) is 7.90. The number of hydrogen-bond donors (Lipinski definition) is 0. The van der Waals surface area contributed by atoms with E-state index in [1.807, 2.05) is 41.3 Å². The van der Waals surface area contributed by atoms with Crippen LogP contribution in [0.2, 0.25) is 0 Å². The summed E-state index contributed by atoms with van der Waals surface area (Å²) in [6, 6.07) is 16.1. The van der Waals surface area contributed by atoms with Crippen LogP contribution in [0.4, 0.5) is 5.69 Å². The number of rotatable bonds is 8. The predicted octanol–water partition coefficient (Wildman–Crippen LogP) is 3.91. The van der Waals surface area contributed by atoms with Gasteiger partial charge in [-0.3, -0.25) is 4.79 Å². The molecule has 2 aromatic heterocycles. The van der Waals surface area contributed by atoms with Gasteiger partial charge in [-0.1, -0.05) is 30.0 Å². The molecular formula is C24H25N5O3S2. The van der Waals surface area contributed by atoms with Crippen LogP contribution in [0.5, 0.6) is 5.75 Å². The van der Waals surface area contributed by atoms with E-state index in [4.69, 9.17) is 9.15 Å². The number of para-hydroxylation sites is 1. The highest BCUT2D eigenvalue weighted by Gasteiger charge is 2.22. The highest BCUT2D eigenvalue weighted by atomic mass is 32.2. The number of carbonyl (C=O) groups is 1. The first-order valence-electron chi connectivity index (χ1n) is 11.1. The molecule has 4 aromatic rings. The number of thioether (sulfide) groups is 1. The lowest BCUT2D eigenvalue weighted by atomic mass is 10.2. The van der Waals surface area contributed by atoms with Crippen molar-refractivity contribution in [2.75, 3.05) is 43.9 Å². The summed E-state index contributed by atoms with van der Waals surface area (Å²) in [5.74, 6) is 1.79. The highest BCUT2D eigenvalue weighted by molar-refractivity contribution is 7.99. The zero-order chi connectivity index (χ0) is 23.3. The van der Waals surface area contributed by atoms with Gasteiger partial charge in [0.25, 0.3) is 5.22 Å². The lowest BCUT2D eigenvalue weighted by Gasteiger charge is -2.36. The van der Waals surface area contributed by atoms with E-state index >= 15 is 0 Å². The summed E-state index contributed by atoms with van der Waals surface area (Å²) in [5.41, 5.74) is 2.14. The molecule has 0 saturated carbocycles. The fraction of sp³-hybridized carbons (Fsp3) is 0.333.